The van der Waals surface area contributed by atoms with Crippen molar-refractivity contribution in [3.8, 4) is 0 Å². The molecule has 84 valence electrons. The molecule has 2 N–H and O–H groups in total. The standard InChI is InChI=1S/C11H11Cl2N3/c1-7(16-11(14)4-5-15-16)9-3-2-8(12)6-10(9)13/h2-7H,14H2,1H3. The first-order valence-electron chi connectivity index (χ1n) is 4.83. The number of rotatable bonds is 2. The highest BCUT2D eigenvalue weighted by Gasteiger charge is 2.14. The molecule has 0 aliphatic carbocycles. The van der Waals surface area contributed by atoms with Crippen molar-refractivity contribution in [1.82, 2.24) is 9.78 Å². The van der Waals surface area contributed by atoms with E-state index in [1.165, 1.54) is 0 Å². The Morgan fingerprint density at radius 2 is 2.06 bits per heavy atom. The van der Waals surface area contributed by atoms with E-state index in [4.69, 9.17) is 28.9 Å². The lowest BCUT2D eigenvalue weighted by atomic mass is 10.1. The van der Waals surface area contributed by atoms with Crippen LogP contribution in [-0.4, -0.2) is 9.78 Å². The van der Waals surface area contributed by atoms with E-state index in [1.807, 2.05) is 13.0 Å². The van der Waals surface area contributed by atoms with Gasteiger partial charge in [-0.25, -0.2) is 4.68 Å². The van der Waals surface area contributed by atoms with Gasteiger partial charge >= 0.3 is 0 Å². The predicted octanol–water partition coefficient (Wildman–Crippen LogP) is 3.38. The maximum Gasteiger partial charge on any atom is 0.122 e. The Morgan fingerprint density at radius 1 is 1.31 bits per heavy atom. The quantitative estimate of drug-likeness (QED) is 0.895. The molecule has 5 heteroatoms. The molecule has 0 saturated carbocycles. The van der Waals surface area contributed by atoms with Gasteiger partial charge < -0.3 is 5.73 Å². The molecule has 0 radical (unpaired) electrons. The number of hydrogen-bond donors (Lipinski definition) is 1. The third-order valence-electron chi connectivity index (χ3n) is 2.48. The van der Waals surface area contributed by atoms with E-state index in [2.05, 4.69) is 5.10 Å². The van der Waals surface area contributed by atoms with Crippen LogP contribution in [0.1, 0.15) is 18.5 Å². The topological polar surface area (TPSA) is 43.8 Å². The first-order chi connectivity index (χ1) is 7.59. The van der Waals surface area contributed by atoms with Crippen LogP contribution in [0.3, 0.4) is 0 Å². The minimum absolute atomic E-state index is 0.0141. The number of anilines is 1. The summed E-state index contributed by atoms with van der Waals surface area (Å²) in [4.78, 5) is 0. The zero-order valence-electron chi connectivity index (χ0n) is 8.69. The molecule has 1 aromatic heterocycles. The molecule has 0 fully saturated rings. The zero-order valence-corrected chi connectivity index (χ0v) is 10.2. The van der Waals surface area contributed by atoms with Crippen molar-refractivity contribution >= 4 is 29.0 Å². The van der Waals surface area contributed by atoms with E-state index in [1.54, 1.807) is 29.1 Å². The number of nitrogen functional groups attached to an aromatic ring is 1. The van der Waals surface area contributed by atoms with Crippen molar-refractivity contribution in [1.29, 1.82) is 0 Å². The van der Waals surface area contributed by atoms with E-state index >= 15 is 0 Å². The maximum absolute atomic E-state index is 6.13. The van der Waals surface area contributed by atoms with Gasteiger partial charge in [-0.3, -0.25) is 0 Å². The summed E-state index contributed by atoms with van der Waals surface area (Å²) in [6, 6.07) is 7.14. The van der Waals surface area contributed by atoms with Gasteiger partial charge in [0, 0.05) is 10.0 Å². The second-order valence-electron chi connectivity index (χ2n) is 3.54. The number of nitrogens with zero attached hydrogens (tertiary/aromatic N) is 2. The normalized spacial score (nSPS) is 12.7. The molecule has 16 heavy (non-hydrogen) atoms. The molecule has 2 rings (SSSR count). The van der Waals surface area contributed by atoms with Crippen molar-refractivity contribution in [3.63, 3.8) is 0 Å². The van der Waals surface area contributed by atoms with E-state index in [0.717, 1.165) is 5.56 Å². The van der Waals surface area contributed by atoms with Gasteiger partial charge in [-0.05, 0) is 30.7 Å². The van der Waals surface area contributed by atoms with Gasteiger partial charge in [0.25, 0.3) is 0 Å². The molecule has 2 aromatic rings. The van der Waals surface area contributed by atoms with Crippen molar-refractivity contribution in [3.05, 3.63) is 46.1 Å². The van der Waals surface area contributed by atoms with Crippen molar-refractivity contribution in [2.45, 2.75) is 13.0 Å². The smallest absolute Gasteiger partial charge is 0.122 e. The van der Waals surface area contributed by atoms with Gasteiger partial charge in [0.05, 0.1) is 12.2 Å². The summed E-state index contributed by atoms with van der Waals surface area (Å²) in [6.07, 6.45) is 1.66. The summed E-state index contributed by atoms with van der Waals surface area (Å²) in [5.41, 5.74) is 6.74. The third kappa shape index (κ3) is 2.01. The van der Waals surface area contributed by atoms with Crippen LogP contribution in [0.4, 0.5) is 5.82 Å². The molecular formula is C11H11Cl2N3. The van der Waals surface area contributed by atoms with Gasteiger partial charge in [-0.2, -0.15) is 5.10 Å². The van der Waals surface area contributed by atoms with E-state index in [9.17, 15) is 0 Å². The summed E-state index contributed by atoms with van der Waals surface area (Å²) >= 11 is 12.0. The molecule has 0 spiro atoms. The van der Waals surface area contributed by atoms with Crippen LogP contribution in [0.25, 0.3) is 0 Å². The fourth-order valence-corrected chi connectivity index (χ4v) is 2.19. The highest BCUT2D eigenvalue weighted by atomic mass is 35.5. The molecule has 3 nitrogen and oxygen atoms in total. The average Bonchev–Trinajstić information content (AvgIpc) is 2.63. The molecule has 0 amide bonds. The molecule has 0 aliphatic heterocycles. The van der Waals surface area contributed by atoms with Crippen LogP contribution in [0.5, 0.6) is 0 Å². The van der Waals surface area contributed by atoms with Crippen molar-refractivity contribution in [2.75, 3.05) is 5.73 Å². The van der Waals surface area contributed by atoms with Crippen LogP contribution in [-0.2, 0) is 0 Å². The Labute approximate surface area is 104 Å². The Bertz CT molecular complexity index is 508. The van der Waals surface area contributed by atoms with E-state index in [-0.39, 0.29) is 6.04 Å². The van der Waals surface area contributed by atoms with Crippen LogP contribution in [0.15, 0.2) is 30.5 Å². The van der Waals surface area contributed by atoms with Crippen LogP contribution < -0.4 is 5.73 Å². The van der Waals surface area contributed by atoms with Crippen molar-refractivity contribution in [2.24, 2.45) is 0 Å². The van der Waals surface area contributed by atoms with Gasteiger partial charge in [0.2, 0.25) is 0 Å². The van der Waals surface area contributed by atoms with E-state index < -0.39 is 0 Å². The molecule has 1 atom stereocenters. The number of aromatic nitrogens is 2. The number of nitrogens with two attached hydrogens (primary N) is 1. The Balaban J connectivity index is 2.41. The van der Waals surface area contributed by atoms with Gasteiger partial charge in [0.15, 0.2) is 0 Å². The second kappa shape index (κ2) is 4.36. The summed E-state index contributed by atoms with van der Waals surface area (Å²) in [6.45, 7) is 1.98. The maximum atomic E-state index is 6.13. The van der Waals surface area contributed by atoms with Gasteiger partial charge in [-0.1, -0.05) is 29.3 Å². The number of benzene rings is 1. The monoisotopic (exact) mass is 255 g/mol. The number of halogens is 2. The van der Waals surface area contributed by atoms with Crippen LogP contribution in [0.2, 0.25) is 10.0 Å². The van der Waals surface area contributed by atoms with Gasteiger partial charge in [-0.15, -0.1) is 0 Å². The molecule has 0 bridgehead atoms. The van der Waals surface area contributed by atoms with Gasteiger partial charge in [0.1, 0.15) is 5.82 Å². The lowest BCUT2D eigenvalue weighted by molar-refractivity contribution is 0.573. The Kier molecular flexibility index (Phi) is 3.08. The first-order valence-corrected chi connectivity index (χ1v) is 5.59. The largest absolute Gasteiger partial charge is 0.384 e. The highest BCUT2D eigenvalue weighted by Crippen LogP contribution is 2.29. The lowest BCUT2D eigenvalue weighted by Gasteiger charge is -2.15. The average molecular weight is 256 g/mol. The zero-order chi connectivity index (χ0) is 11.7. The van der Waals surface area contributed by atoms with Crippen molar-refractivity contribution < 1.29 is 0 Å². The van der Waals surface area contributed by atoms with Crippen LogP contribution >= 0.6 is 23.2 Å². The summed E-state index contributed by atoms with van der Waals surface area (Å²) in [5.74, 6) is 0.610. The highest BCUT2D eigenvalue weighted by molar-refractivity contribution is 6.35. The lowest BCUT2D eigenvalue weighted by Crippen LogP contribution is -2.11. The second-order valence-corrected chi connectivity index (χ2v) is 4.39. The summed E-state index contributed by atoms with van der Waals surface area (Å²) < 4.78 is 1.72. The molecule has 1 aromatic carbocycles. The number of hydrogen-bond acceptors (Lipinski definition) is 2. The third-order valence-corrected chi connectivity index (χ3v) is 3.04. The summed E-state index contributed by atoms with van der Waals surface area (Å²) in [7, 11) is 0. The fourth-order valence-electron chi connectivity index (χ4n) is 1.62. The summed E-state index contributed by atoms with van der Waals surface area (Å²) in [5, 5.41) is 5.40. The molecule has 0 saturated heterocycles. The van der Waals surface area contributed by atoms with E-state index in [0.29, 0.717) is 15.9 Å². The minimum atomic E-state index is -0.0141. The van der Waals surface area contributed by atoms with Crippen LogP contribution in [0, 0.1) is 0 Å². The SMILES string of the molecule is CC(c1ccc(Cl)cc1Cl)n1nccc1N. The molecular weight excluding hydrogens is 245 g/mol. The predicted molar refractivity (Wildman–Crippen MR) is 66.9 cm³/mol. The Hall–Kier alpha value is -1.19. The first kappa shape index (κ1) is 11.3. The minimum Gasteiger partial charge on any atom is -0.384 e. The Morgan fingerprint density at radius 3 is 2.62 bits per heavy atom. The molecule has 0 aliphatic rings. The fraction of sp³-hybridized carbons (Fsp3) is 0.182. The molecule has 1 unspecified atom stereocenters. The molecule has 1 heterocycles.